The second-order valence-electron chi connectivity index (χ2n) is 5.70. The highest BCUT2D eigenvalue weighted by Crippen LogP contribution is 2.15. The molecule has 0 aromatic carbocycles. The molecule has 2 heteroatoms. The summed E-state index contributed by atoms with van der Waals surface area (Å²) in [6, 6.07) is 0. The third-order valence-electron chi connectivity index (χ3n) is 3.39. The first-order valence-corrected chi connectivity index (χ1v) is 7.15. The summed E-state index contributed by atoms with van der Waals surface area (Å²) in [5.74, 6) is 7.55. The van der Waals surface area contributed by atoms with Gasteiger partial charge in [0, 0.05) is 50.8 Å². The molecule has 2 nitrogen and oxygen atoms in total. The SMILES string of the molecule is C=C(C(C)C)N1CCN(CCC#CC(C)C)CC1. The molecule has 0 bridgehead atoms. The van der Waals surface area contributed by atoms with Crippen LogP contribution in [0, 0.1) is 23.7 Å². The lowest BCUT2D eigenvalue weighted by atomic mass is 10.1. The highest BCUT2D eigenvalue weighted by molar-refractivity contribution is 5.02. The molecule has 1 fully saturated rings. The van der Waals surface area contributed by atoms with E-state index in [4.69, 9.17) is 0 Å². The van der Waals surface area contributed by atoms with Crippen molar-refractivity contribution in [3.05, 3.63) is 12.3 Å². The van der Waals surface area contributed by atoms with Gasteiger partial charge in [0.2, 0.25) is 0 Å². The van der Waals surface area contributed by atoms with Crippen molar-refractivity contribution in [3.63, 3.8) is 0 Å². The lowest BCUT2D eigenvalue weighted by molar-refractivity contribution is 0.154. The maximum absolute atomic E-state index is 4.18. The Morgan fingerprint density at radius 1 is 1.11 bits per heavy atom. The Kier molecular flexibility index (Phi) is 6.29. The number of rotatable bonds is 4. The van der Waals surface area contributed by atoms with E-state index in [-0.39, 0.29) is 0 Å². The quantitative estimate of drug-likeness (QED) is 0.706. The highest BCUT2D eigenvalue weighted by atomic mass is 15.3. The first kappa shape index (κ1) is 15.1. The second kappa shape index (κ2) is 7.48. The van der Waals surface area contributed by atoms with Gasteiger partial charge in [0.25, 0.3) is 0 Å². The maximum Gasteiger partial charge on any atom is 0.0303 e. The minimum Gasteiger partial charge on any atom is -0.373 e. The van der Waals surface area contributed by atoms with Crippen molar-refractivity contribution >= 4 is 0 Å². The van der Waals surface area contributed by atoms with Gasteiger partial charge in [-0.15, -0.1) is 11.8 Å². The van der Waals surface area contributed by atoms with Crippen LogP contribution in [0.3, 0.4) is 0 Å². The Morgan fingerprint density at radius 3 is 2.22 bits per heavy atom. The van der Waals surface area contributed by atoms with E-state index in [1.165, 1.54) is 5.70 Å². The standard InChI is InChI=1S/C16H28N2/c1-14(2)8-6-7-9-17-10-12-18(13-11-17)16(5)15(3)4/h14-15H,5,7,9-13H2,1-4H3. The third kappa shape index (κ3) is 5.14. The lowest BCUT2D eigenvalue weighted by Crippen LogP contribution is -2.46. The minimum absolute atomic E-state index is 0.496. The highest BCUT2D eigenvalue weighted by Gasteiger charge is 2.18. The van der Waals surface area contributed by atoms with Gasteiger partial charge in [-0.25, -0.2) is 0 Å². The van der Waals surface area contributed by atoms with Gasteiger partial charge in [-0.2, -0.15) is 0 Å². The summed E-state index contributed by atoms with van der Waals surface area (Å²) in [6.07, 6.45) is 1.00. The predicted octanol–water partition coefficient (Wildman–Crippen LogP) is 2.82. The fourth-order valence-electron chi connectivity index (χ4n) is 2.11. The number of hydrogen-bond donors (Lipinski definition) is 0. The zero-order valence-corrected chi connectivity index (χ0v) is 12.5. The largest absolute Gasteiger partial charge is 0.373 e. The van der Waals surface area contributed by atoms with Crippen molar-refractivity contribution in [2.75, 3.05) is 32.7 Å². The van der Waals surface area contributed by atoms with Crippen LogP contribution in [0.15, 0.2) is 12.3 Å². The molecule has 1 aliphatic heterocycles. The zero-order chi connectivity index (χ0) is 13.5. The summed E-state index contributed by atoms with van der Waals surface area (Å²) in [7, 11) is 0. The average Bonchev–Trinajstić information content (AvgIpc) is 2.34. The molecule has 0 unspecified atom stereocenters. The molecular formula is C16H28N2. The van der Waals surface area contributed by atoms with Gasteiger partial charge in [0.15, 0.2) is 0 Å². The summed E-state index contributed by atoms with van der Waals surface area (Å²) in [4.78, 5) is 4.94. The molecule has 0 radical (unpaired) electrons. The van der Waals surface area contributed by atoms with Crippen LogP contribution in [0.2, 0.25) is 0 Å². The Hall–Kier alpha value is -0.940. The molecule has 0 N–H and O–H groups in total. The Labute approximate surface area is 113 Å². The van der Waals surface area contributed by atoms with E-state index in [9.17, 15) is 0 Å². The molecule has 0 aromatic rings. The van der Waals surface area contributed by atoms with Crippen LogP contribution < -0.4 is 0 Å². The molecule has 18 heavy (non-hydrogen) atoms. The molecule has 0 aliphatic carbocycles. The van der Waals surface area contributed by atoms with E-state index in [1.807, 2.05) is 0 Å². The van der Waals surface area contributed by atoms with E-state index in [0.717, 1.165) is 39.1 Å². The normalized spacial score (nSPS) is 16.9. The molecule has 0 amide bonds. The molecule has 102 valence electrons. The van der Waals surface area contributed by atoms with Crippen molar-refractivity contribution in [1.82, 2.24) is 9.80 Å². The molecule has 1 saturated heterocycles. The van der Waals surface area contributed by atoms with Crippen molar-refractivity contribution in [2.24, 2.45) is 11.8 Å². The summed E-state index contributed by atoms with van der Waals surface area (Å²) in [5, 5.41) is 0. The number of piperazine rings is 1. The number of nitrogens with zero attached hydrogens (tertiary/aromatic N) is 2. The van der Waals surface area contributed by atoms with Crippen LogP contribution >= 0.6 is 0 Å². The second-order valence-corrected chi connectivity index (χ2v) is 5.70. The van der Waals surface area contributed by atoms with E-state index in [1.54, 1.807) is 0 Å². The molecule has 0 aromatic heterocycles. The molecular weight excluding hydrogens is 220 g/mol. The molecule has 1 aliphatic rings. The van der Waals surface area contributed by atoms with Crippen LogP contribution in [-0.4, -0.2) is 42.5 Å². The van der Waals surface area contributed by atoms with Crippen molar-refractivity contribution in [1.29, 1.82) is 0 Å². The zero-order valence-electron chi connectivity index (χ0n) is 12.5. The van der Waals surface area contributed by atoms with Crippen molar-refractivity contribution in [3.8, 4) is 11.8 Å². The fraction of sp³-hybridized carbons (Fsp3) is 0.750. The van der Waals surface area contributed by atoms with Gasteiger partial charge in [-0.3, -0.25) is 4.90 Å². The summed E-state index contributed by atoms with van der Waals surface area (Å²) < 4.78 is 0. The van der Waals surface area contributed by atoms with Gasteiger partial charge in [-0.1, -0.05) is 34.3 Å². The number of hydrogen-bond acceptors (Lipinski definition) is 2. The maximum atomic E-state index is 4.18. The monoisotopic (exact) mass is 248 g/mol. The summed E-state index contributed by atoms with van der Waals surface area (Å²) in [5.41, 5.74) is 1.29. The van der Waals surface area contributed by atoms with Gasteiger partial charge >= 0.3 is 0 Å². The number of allylic oxidation sites excluding steroid dienone is 1. The summed E-state index contributed by atoms with van der Waals surface area (Å²) in [6.45, 7) is 18.6. The van der Waals surface area contributed by atoms with E-state index in [2.05, 4.69) is 55.9 Å². The van der Waals surface area contributed by atoms with E-state index >= 15 is 0 Å². The van der Waals surface area contributed by atoms with Crippen LogP contribution in [0.4, 0.5) is 0 Å². The molecule has 0 atom stereocenters. The van der Waals surface area contributed by atoms with Crippen molar-refractivity contribution < 1.29 is 0 Å². The van der Waals surface area contributed by atoms with Crippen LogP contribution in [0.25, 0.3) is 0 Å². The summed E-state index contributed by atoms with van der Waals surface area (Å²) >= 11 is 0. The molecule has 1 rings (SSSR count). The van der Waals surface area contributed by atoms with Gasteiger partial charge in [0.1, 0.15) is 0 Å². The van der Waals surface area contributed by atoms with E-state index < -0.39 is 0 Å². The molecule has 1 heterocycles. The van der Waals surface area contributed by atoms with E-state index in [0.29, 0.717) is 11.8 Å². The lowest BCUT2D eigenvalue weighted by Gasteiger charge is -2.38. The smallest absolute Gasteiger partial charge is 0.0303 e. The van der Waals surface area contributed by atoms with Crippen molar-refractivity contribution in [2.45, 2.75) is 34.1 Å². The van der Waals surface area contributed by atoms with Gasteiger partial charge in [-0.05, 0) is 5.92 Å². The van der Waals surface area contributed by atoms with Crippen LogP contribution in [0.5, 0.6) is 0 Å². The predicted molar refractivity (Wildman–Crippen MR) is 79.2 cm³/mol. The van der Waals surface area contributed by atoms with Crippen LogP contribution in [-0.2, 0) is 0 Å². The molecule has 0 saturated carbocycles. The minimum atomic E-state index is 0.496. The fourth-order valence-corrected chi connectivity index (χ4v) is 2.11. The first-order chi connectivity index (χ1) is 8.50. The Bertz CT molecular complexity index is 312. The topological polar surface area (TPSA) is 6.48 Å². The third-order valence-corrected chi connectivity index (χ3v) is 3.39. The van der Waals surface area contributed by atoms with Gasteiger partial charge in [0.05, 0.1) is 0 Å². The average molecular weight is 248 g/mol. The molecule has 0 spiro atoms. The van der Waals surface area contributed by atoms with Crippen LogP contribution in [0.1, 0.15) is 34.1 Å². The first-order valence-electron chi connectivity index (χ1n) is 7.15. The Balaban J connectivity index is 2.24. The Morgan fingerprint density at radius 2 is 1.72 bits per heavy atom. The van der Waals surface area contributed by atoms with Gasteiger partial charge < -0.3 is 4.90 Å².